The minimum atomic E-state index is -0.387. The minimum Gasteiger partial charge on any atom is -0.382 e. The molecule has 1 unspecified atom stereocenters. The van der Waals surface area contributed by atoms with Gasteiger partial charge in [-0.2, -0.15) is 0 Å². The second-order valence-corrected chi connectivity index (χ2v) is 5.17. The molecule has 1 rings (SSSR count). The summed E-state index contributed by atoms with van der Waals surface area (Å²) in [6.45, 7) is 0.928. The van der Waals surface area contributed by atoms with Crippen LogP contribution in [-0.4, -0.2) is 42.0 Å². The number of methoxy groups -OCH3 is 2. The molecule has 3 nitrogen and oxygen atoms in total. The summed E-state index contributed by atoms with van der Waals surface area (Å²) in [5.41, 5.74) is 0.476. The highest BCUT2D eigenvalue weighted by Gasteiger charge is 2.19. The van der Waals surface area contributed by atoms with Crippen molar-refractivity contribution in [2.45, 2.75) is 30.9 Å². The Kier molecular flexibility index (Phi) is 4.83. The Labute approximate surface area is 76.2 Å². The van der Waals surface area contributed by atoms with Crippen LogP contribution in [0.3, 0.4) is 0 Å². The summed E-state index contributed by atoms with van der Waals surface area (Å²) >= 11 is 0. The second kappa shape index (κ2) is 5.69. The van der Waals surface area contributed by atoms with Crippen molar-refractivity contribution in [3.8, 4) is 0 Å². The third kappa shape index (κ3) is 3.22. The summed E-state index contributed by atoms with van der Waals surface area (Å²) in [6, 6.07) is 0. The third-order valence-corrected chi connectivity index (χ3v) is 4.48. The van der Waals surface area contributed by atoms with Crippen molar-refractivity contribution in [3.05, 3.63) is 0 Å². The molecule has 0 aromatic heterocycles. The molecule has 0 radical (unpaired) electrons. The van der Waals surface area contributed by atoms with Crippen LogP contribution in [0.25, 0.3) is 0 Å². The average molecular weight is 190 g/mol. The highest BCUT2D eigenvalue weighted by Crippen LogP contribution is 2.12. The van der Waals surface area contributed by atoms with Gasteiger partial charge in [-0.15, -0.1) is 0 Å². The maximum absolute atomic E-state index is 5.61. The summed E-state index contributed by atoms with van der Waals surface area (Å²) in [5, 5.41) is 0. The summed E-state index contributed by atoms with van der Waals surface area (Å²) in [7, 11) is 3.01. The van der Waals surface area contributed by atoms with E-state index in [1.54, 1.807) is 14.2 Å². The van der Waals surface area contributed by atoms with Crippen LogP contribution in [0.5, 0.6) is 0 Å². The summed E-state index contributed by atoms with van der Waals surface area (Å²) in [4.78, 5) is 0. The summed E-state index contributed by atoms with van der Waals surface area (Å²) < 4.78 is 15.9. The summed E-state index contributed by atoms with van der Waals surface area (Å²) in [6.07, 6.45) is 3.72. The molecular weight excluding hydrogens is 172 g/mol. The number of hydrogen-bond donors (Lipinski definition) is 0. The molecule has 0 spiro atoms. The molecule has 12 heavy (non-hydrogen) atoms. The largest absolute Gasteiger partial charge is 0.382 e. The highest BCUT2D eigenvalue weighted by molar-refractivity contribution is 6.38. The van der Waals surface area contributed by atoms with Gasteiger partial charge in [-0.3, -0.25) is 0 Å². The Morgan fingerprint density at radius 3 is 2.58 bits per heavy atom. The van der Waals surface area contributed by atoms with Crippen molar-refractivity contribution in [3.63, 3.8) is 0 Å². The molecule has 1 aliphatic rings. The Balaban J connectivity index is 2.18. The van der Waals surface area contributed by atoms with Crippen LogP contribution in [0.4, 0.5) is 0 Å². The lowest BCUT2D eigenvalue weighted by Crippen LogP contribution is -2.35. The van der Waals surface area contributed by atoms with E-state index in [-0.39, 0.29) is 15.4 Å². The van der Waals surface area contributed by atoms with Crippen molar-refractivity contribution < 1.29 is 14.2 Å². The van der Waals surface area contributed by atoms with Crippen LogP contribution in [-0.2, 0) is 14.2 Å². The zero-order valence-corrected chi connectivity index (χ0v) is 9.33. The van der Waals surface area contributed by atoms with Gasteiger partial charge < -0.3 is 14.2 Å². The van der Waals surface area contributed by atoms with Gasteiger partial charge in [-0.1, -0.05) is 0 Å². The van der Waals surface area contributed by atoms with Gasteiger partial charge in [0.15, 0.2) is 0 Å². The normalized spacial score (nSPS) is 25.8. The number of hydrogen-bond acceptors (Lipinski definition) is 3. The van der Waals surface area contributed by atoms with Gasteiger partial charge in [0, 0.05) is 26.6 Å². The van der Waals surface area contributed by atoms with Gasteiger partial charge in [0.2, 0.25) is 0 Å². The Hall–Kier alpha value is 0.0969. The predicted molar refractivity (Wildman–Crippen MR) is 49.9 cm³/mol. The van der Waals surface area contributed by atoms with Gasteiger partial charge in [0.05, 0.1) is 0 Å². The molecular formula is C8H18O3Si. The second-order valence-electron chi connectivity index (χ2n) is 3.13. The van der Waals surface area contributed by atoms with Crippen molar-refractivity contribution in [1.29, 1.82) is 0 Å². The lowest BCUT2D eigenvalue weighted by molar-refractivity contribution is -0.0512. The van der Waals surface area contributed by atoms with E-state index in [0.29, 0.717) is 5.73 Å². The van der Waals surface area contributed by atoms with E-state index in [9.17, 15) is 0 Å². The maximum Gasteiger partial charge on any atom is 0.137 e. The number of rotatable bonds is 4. The van der Waals surface area contributed by atoms with Crippen LogP contribution in [0.2, 0.25) is 0 Å². The van der Waals surface area contributed by atoms with E-state index in [1.807, 2.05) is 0 Å². The van der Waals surface area contributed by atoms with Crippen LogP contribution in [0, 0.1) is 0 Å². The molecule has 1 saturated heterocycles. The van der Waals surface area contributed by atoms with Gasteiger partial charge in [0.25, 0.3) is 0 Å². The Bertz CT molecular complexity index is 111. The standard InChI is InChI=1S/C8H18O3Si/c1-9-8(10-2)12-7-5-3-4-6-11-7/h7-8H,3-6,12H2,1-2H3. The molecule has 0 bridgehead atoms. The van der Waals surface area contributed by atoms with E-state index in [2.05, 4.69) is 0 Å². The molecule has 0 aromatic carbocycles. The SMILES string of the molecule is COC(OC)[SiH2]C1CCCCO1. The van der Waals surface area contributed by atoms with Gasteiger partial charge in [0.1, 0.15) is 15.4 Å². The zero-order chi connectivity index (χ0) is 8.81. The van der Waals surface area contributed by atoms with Gasteiger partial charge in [-0.25, -0.2) is 0 Å². The van der Waals surface area contributed by atoms with Crippen LogP contribution >= 0.6 is 0 Å². The van der Waals surface area contributed by atoms with Crippen molar-refractivity contribution >= 4 is 9.52 Å². The van der Waals surface area contributed by atoms with Crippen LogP contribution < -0.4 is 0 Å². The quantitative estimate of drug-likeness (QED) is 0.470. The molecule has 0 saturated carbocycles. The van der Waals surface area contributed by atoms with Crippen LogP contribution in [0.1, 0.15) is 19.3 Å². The van der Waals surface area contributed by atoms with E-state index >= 15 is 0 Å². The number of ether oxygens (including phenoxy) is 3. The molecule has 4 heteroatoms. The monoisotopic (exact) mass is 190 g/mol. The average Bonchev–Trinajstić information content (AvgIpc) is 2.16. The Morgan fingerprint density at radius 2 is 2.08 bits per heavy atom. The zero-order valence-electron chi connectivity index (χ0n) is 7.91. The topological polar surface area (TPSA) is 27.7 Å². The molecule has 1 aliphatic heterocycles. The molecule has 1 atom stereocenters. The summed E-state index contributed by atoms with van der Waals surface area (Å²) in [5.74, 6) is 0.0353. The van der Waals surface area contributed by atoms with Gasteiger partial charge >= 0.3 is 0 Å². The van der Waals surface area contributed by atoms with Crippen molar-refractivity contribution in [2.24, 2.45) is 0 Å². The minimum absolute atomic E-state index is 0.0353. The van der Waals surface area contributed by atoms with Crippen molar-refractivity contribution in [2.75, 3.05) is 20.8 Å². The van der Waals surface area contributed by atoms with E-state index in [0.717, 1.165) is 6.61 Å². The third-order valence-electron chi connectivity index (χ3n) is 2.26. The van der Waals surface area contributed by atoms with Crippen LogP contribution in [0.15, 0.2) is 0 Å². The molecule has 1 fully saturated rings. The molecule has 0 N–H and O–H groups in total. The fourth-order valence-electron chi connectivity index (χ4n) is 1.50. The van der Waals surface area contributed by atoms with E-state index < -0.39 is 0 Å². The molecule has 1 heterocycles. The molecule has 72 valence electrons. The van der Waals surface area contributed by atoms with Gasteiger partial charge in [-0.05, 0) is 19.3 Å². The molecule has 0 amide bonds. The lowest BCUT2D eigenvalue weighted by atomic mass is 10.2. The fourth-order valence-corrected chi connectivity index (χ4v) is 3.14. The first-order valence-corrected chi connectivity index (χ1v) is 6.17. The van der Waals surface area contributed by atoms with E-state index in [4.69, 9.17) is 14.2 Å². The molecule has 0 aromatic rings. The highest BCUT2D eigenvalue weighted by atomic mass is 28.2. The van der Waals surface area contributed by atoms with E-state index in [1.165, 1.54) is 19.3 Å². The van der Waals surface area contributed by atoms with Crippen molar-refractivity contribution in [1.82, 2.24) is 0 Å². The fraction of sp³-hybridized carbons (Fsp3) is 1.00. The molecule has 0 aliphatic carbocycles. The first kappa shape index (κ1) is 10.2. The first-order chi connectivity index (χ1) is 5.86. The lowest BCUT2D eigenvalue weighted by Gasteiger charge is -2.24. The predicted octanol–water partition coefficient (Wildman–Crippen LogP) is 0.258. The Morgan fingerprint density at radius 1 is 1.33 bits per heavy atom. The smallest absolute Gasteiger partial charge is 0.137 e. The maximum atomic E-state index is 5.61. The first-order valence-electron chi connectivity index (χ1n) is 4.54.